The molecule has 26 heavy (non-hydrogen) atoms. The summed E-state index contributed by atoms with van der Waals surface area (Å²) in [5.41, 5.74) is 3.81. The maximum absolute atomic E-state index is 13.0. The van der Waals surface area contributed by atoms with Crippen LogP contribution in [0, 0.1) is 0 Å². The van der Waals surface area contributed by atoms with E-state index in [0.717, 1.165) is 56.1 Å². The van der Waals surface area contributed by atoms with E-state index in [-0.39, 0.29) is 11.9 Å². The minimum atomic E-state index is -0.0494. The molecule has 2 aromatic heterocycles. The van der Waals surface area contributed by atoms with Gasteiger partial charge in [0.15, 0.2) is 5.82 Å². The fourth-order valence-electron chi connectivity index (χ4n) is 3.80. The number of carbonyl (C=O) groups is 1. The second kappa shape index (κ2) is 6.79. The topological polar surface area (TPSA) is 78.0 Å². The molecule has 1 amide bonds. The predicted octanol–water partition coefficient (Wildman–Crippen LogP) is 2.29. The zero-order valence-electron chi connectivity index (χ0n) is 15.7. The smallest absolute Gasteiger partial charge is 0.274 e. The molecule has 1 N–H and O–H groups in total. The van der Waals surface area contributed by atoms with Gasteiger partial charge in [0.1, 0.15) is 5.69 Å². The summed E-state index contributed by atoms with van der Waals surface area (Å²) in [4.78, 5) is 26.6. The maximum atomic E-state index is 13.0. The number of hydrogen-bond donors (Lipinski definition) is 1. The Morgan fingerprint density at radius 2 is 2.19 bits per heavy atom. The van der Waals surface area contributed by atoms with Crippen LogP contribution in [0.5, 0.6) is 0 Å². The van der Waals surface area contributed by atoms with Gasteiger partial charge in [-0.3, -0.25) is 9.89 Å². The summed E-state index contributed by atoms with van der Waals surface area (Å²) in [5.74, 6) is 1.07. The third-order valence-corrected chi connectivity index (χ3v) is 5.39. The van der Waals surface area contributed by atoms with Crippen LogP contribution in [0.25, 0.3) is 0 Å². The zero-order valence-corrected chi connectivity index (χ0v) is 15.7. The summed E-state index contributed by atoms with van der Waals surface area (Å²) in [6.07, 6.45) is 4.77. The number of rotatable bonds is 3. The first kappa shape index (κ1) is 17.1. The van der Waals surface area contributed by atoms with Crippen LogP contribution in [0.15, 0.2) is 12.3 Å². The van der Waals surface area contributed by atoms with Crippen molar-refractivity contribution < 1.29 is 4.79 Å². The van der Waals surface area contributed by atoms with Gasteiger partial charge in [-0.2, -0.15) is 5.10 Å². The van der Waals surface area contributed by atoms with Crippen molar-refractivity contribution >= 4 is 5.91 Å². The average molecular weight is 354 g/mol. The van der Waals surface area contributed by atoms with Crippen molar-refractivity contribution in [2.24, 2.45) is 0 Å². The summed E-state index contributed by atoms with van der Waals surface area (Å²) in [5, 5.41) is 7.20. The van der Waals surface area contributed by atoms with Gasteiger partial charge in [0, 0.05) is 49.2 Å². The van der Waals surface area contributed by atoms with E-state index >= 15 is 0 Å². The fraction of sp³-hybridized carbons (Fsp3) is 0.579. The van der Waals surface area contributed by atoms with Gasteiger partial charge in [-0.15, -0.1) is 0 Å². The van der Waals surface area contributed by atoms with Crippen LogP contribution >= 0.6 is 0 Å². The highest BCUT2D eigenvalue weighted by molar-refractivity contribution is 5.92. The zero-order chi connectivity index (χ0) is 18.3. The molecule has 0 aliphatic carbocycles. The van der Waals surface area contributed by atoms with Gasteiger partial charge in [-0.25, -0.2) is 9.97 Å². The Bertz CT molecular complexity index is 814. The normalized spacial score (nSPS) is 20.6. The molecule has 0 bridgehead atoms. The van der Waals surface area contributed by atoms with Gasteiger partial charge in [0.05, 0.1) is 6.04 Å². The molecule has 7 nitrogen and oxygen atoms in total. The van der Waals surface area contributed by atoms with Crippen LogP contribution in [0.2, 0.25) is 0 Å². The van der Waals surface area contributed by atoms with Crippen molar-refractivity contribution in [3.63, 3.8) is 0 Å². The number of fused-ring (bicyclic) bond motifs is 1. The van der Waals surface area contributed by atoms with Gasteiger partial charge in [-0.1, -0.05) is 13.8 Å². The Morgan fingerprint density at radius 3 is 2.96 bits per heavy atom. The van der Waals surface area contributed by atoms with Crippen LogP contribution in [0.3, 0.4) is 0 Å². The van der Waals surface area contributed by atoms with Crippen molar-refractivity contribution in [1.29, 1.82) is 0 Å². The molecule has 2 aromatic rings. The Kier molecular flexibility index (Phi) is 4.48. The van der Waals surface area contributed by atoms with Gasteiger partial charge in [0.2, 0.25) is 0 Å². The lowest BCUT2D eigenvalue weighted by atomic mass is 10.1. The summed E-state index contributed by atoms with van der Waals surface area (Å²) < 4.78 is 0. The predicted molar refractivity (Wildman–Crippen MR) is 97.8 cm³/mol. The van der Waals surface area contributed by atoms with Crippen LogP contribution in [-0.2, 0) is 13.0 Å². The molecule has 0 aromatic carbocycles. The van der Waals surface area contributed by atoms with Gasteiger partial charge in [-0.05, 0) is 31.9 Å². The minimum absolute atomic E-state index is 0.0308. The molecule has 0 radical (unpaired) electrons. The highest BCUT2D eigenvalue weighted by Gasteiger charge is 2.34. The quantitative estimate of drug-likeness (QED) is 0.915. The van der Waals surface area contributed by atoms with E-state index in [1.165, 1.54) is 5.56 Å². The fourth-order valence-corrected chi connectivity index (χ4v) is 3.80. The highest BCUT2D eigenvalue weighted by atomic mass is 16.2. The van der Waals surface area contributed by atoms with E-state index in [0.29, 0.717) is 11.6 Å². The first-order chi connectivity index (χ1) is 12.5. The van der Waals surface area contributed by atoms with Crippen molar-refractivity contribution in [3.8, 4) is 0 Å². The monoisotopic (exact) mass is 354 g/mol. The van der Waals surface area contributed by atoms with Crippen LogP contribution < -0.4 is 0 Å². The number of nitrogens with one attached hydrogen (secondary N) is 1. The van der Waals surface area contributed by atoms with Crippen molar-refractivity contribution in [2.45, 2.75) is 51.6 Å². The van der Waals surface area contributed by atoms with Gasteiger partial charge in [0.25, 0.3) is 5.91 Å². The summed E-state index contributed by atoms with van der Waals surface area (Å²) >= 11 is 0. The highest BCUT2D eigenvalue weighted by Crippen LogP contribution is 2.32. The molecule has 0 unspecified atom stereocenters. The lowest BCUT2D eigenvalue weighted by Crippen LogP contribution is -2.33. The second-order valence-electron chi connectivity index (χ2n) is 7.71. The maximum Gasteiger partial charge on any atom is 0.274 e. The van der Waals surface area contributed by atoms with Crippen molar-refractivity contribution in [3.05, 3.63) is 40.7 Å². The number of carbonyl (C=O) groups excluding carboxylic acids is 1. The molecule has 7 heteroatoms. The SMILES string of the molecule is CC(C)c1cc(C(=O)N2CCC[C@@H]2c2ncc3c(n2)CCN(C)C3)n[nH]1. The number of H-pyrrole nitrogens is 1. The molecule has 4 heterocycles. The van der Waals surface area contributed by atoms with E-state index in [1.807, 2.05) is 17.2 Å². The van der Waals surface area contributed by atoms with Gasteiger partial charge < -0.3 is 9.80 Å². The summed E-state index contributed by atoms with van der Waals surface area (Å²) in [7, 11) is 2.11. The molecule has 2 aliphatic heterocycles. The number of hydrogen-bond acceptors (Lipinski definition) is 5. The van der Waals surface area contributed by atoms with Crippen LogP contribution in [0.4, 0.5) is 0 Å². The molecule has 1 fully saturated rings. The average Bonchev–Trinajstić information content (AvgIpc) is 3.30. The van der Waals surface area contributed by atoms with E-state index in [4.69, 9.17) is 4.98 Å². The largest absolute Gasteiger partial charge is 0.327 e. The number of amides is 1. The van der Waals surface area contributed by atoms with E-state index < -0.39 is 0 Å². The molecule has 0 spiro atoms. The van der Waals surface area contributed by atoms with Crippen molar-refractivity contribution in [1.82, 2.24) is 30.0 Å². The summed E-state index contributed by atoms with van der Waals surface area (Å²) in [6.45, 7) is 6.81. The van der Waals surface area contributed by atoms with E-state index in [2.05, 4.69) is 41.0 Å². The standard InChI is InChI=1S/C19H26N6O/c1-12(2)15-9-16(23-22-15)19(26)25-7-4-5-17(25)18-20-10-13-11-24(3)8-6-14(13)21-18/h9-10,12,17H,4-8,11H2,1-3H3,(H,22,23)/t17-/m1/s1. The first-order valence-electron chi connectivity index (χ1n) is 9.42. The molecule has 1 saturated heterocycles. The lowest BCUT2D eigenvalue weighted by molar-refractivity contribution is 0.0723. The first-order valence-corrected chi connectivity index (χ1v) is 9.42. The number of aromatic nitrogens is 4. The Balaban J connectivity index is 1.57. The molecular weight excluding hydrogens is 328 g/mol. The number of likely N-dealkylation sites (N-methyl/N-ethyl adjacent to an activating group) is 1. The Morgan fingerprint density at radius 1 is 1.35 bits per heavy atom. The Hall–Kier alpha value is -2.28. The number of aromatic amines is 1. The van der Waals surface area contributed by atoms with Crippen LogP contribution in [0.1, 0.15) is 71.9 Å². The van der Waals surface area contributed by atoms with E-state index in [9.17, 15) is 4.79 Å². The molecule has 2 aliphatic rings. The molecule has 1 atom stereocenters. The number of likely N-dealkylation sites (tertiary alicyclic amines) is 1. The molecule has 4 rings (SSSR count). The third kappa shape index (κ3) is 3.11. The minimum Gasteiger partial charge on any atom is -0.327 e. The number of nitrogens with zero attached hydrogens (tertiary/aromatic N) is 5. The van der Waals surface area contributed by atoms with Crippen molar-refractivity contribution in [2.75, 3.05) is 20.1 Å². The summed E-state index contributed by atoms with van der Waals surface area (Å²) in [6, 6.07) is 1.82. The molecule has 138 valence electrons. The molecular formula is C19H26N6O. The second-order valence-corrected chi connectivity index (χ2v) is 7.71. The Labute approximate surface area is 153 Å². The third-order valence-electron chi connectivity index (χ3n) is 5.39. The van der Waals surface area contributed by atoms with Gasteiger partial charge >= 0.3 is 0 Å². The lowest BCUT2D eigenvalue weighted by Gasteiger charge is -2.26. The van der Waals surface area contributed by atoms with E-state index in [1.54, 1.807) is 0 Å². The molecule has 0 saturated carbocycles. The van der Waals surface area contributed by atoms with Crippen LogP contribution in [-0.4, -0.2) is 56.0 Å².